The Balaban J connectivity index is 1.79. The lowest BCUT2D eigenvalue weighted by atomic mass is 9.96. The molecule has 1 aliphatic carbocycles. The summed E-state index contributed by atoms with van der Waals surface area (Å²) in [6, 6.07) is -0.465. The second-order valence-corrected chi connectivity index (χ2v) is 5.92. The zero-order valence-electron chi connectivity index (χ0n) is 11.1. The second kappa shape index (κ2) is 3.82. The molecule has 2 aliphatic heterocycles. The van der Waals surface area contributed by atoms with Crippen molar-refractivity contribution in [2.24, 2.45) is 5.73 Å². The molecule has 4 N–H and O–H groups in total. The van der Waals surface area contributed by atoms with E-state index in [-0.39, 0.29) is 5.91 Å². The molecule has 1 fully saturated rings. The predicted molar refractivity (Wildman–Crippen MR) is 71.1 cm³/mol. The Hall–Kier alpha value is -1.89. The van der Waals surface area contributed by atoms with Gasteiger partial charge >= 0.3 is 0 Å². The fourth-order valence-corrected chi connectivity index (χ4v) is 3.62. The standard InChI is InChI=1S/C13H17N5O2/c14-10(19)9-5-13(6-15-9)12(20)16-11-7-3-1-2-4-8(7)17-18(11)13/h9,15H,1-6H2,(H2,14,19)(H,16,20)/t9-,13+/m0/s1. The van der Waals surface area contributed by atoms with E-state index >= 15 is 0 Å². The van der Waals surface area contributed by atoms with Gasteiger partial charge in [0.05, 0.1) is 11.7 Å². The van der Waals surface area contributed by atoms with Crippen LogP contribution >= 0.6 is 0 Å². The summed E-state index contributed by atoms with van der Waals surface area (Å²) >= 11 is 0. The number of aromatic nitrogens is 2. The topological polar surface area (TPSA) is 102 Å². The Morgan fingerprint density at radius 3 is 2.95 bits per heavy atom. The molecule has 0 bridgehead atoms. The number of anilines is 1. The van der Waals surface area contributed by atoms with E-state index in [0.29, 0.717) is 13.0 Å². The summed E-state index contributed by atoms with van der Waals surface area (Å²) in [4.78, 5) is 23.8. The Morgan fingerprint density at radius 2 is 2.20 bits per heavy atom. The highest BCUT2D eigenvalue weighted by Gasteiger charge is 2.54. The van der Waals surface area contributed by atoms with Gasteiger partial charge in [-0.2, -0.15) is 5.10 Å². The van der Waals surface area contributed by atoms with E-state index in [1.165, 1.54) is 5.56 Å². The first-order valence-electron chi connectivity index (χ1n) is 7.07. The van der Waals surface area contributed by atoms with Gasteiger partial charge in [-0.3, -0.25) is 9.59 Å². The molecular formula is C13H17N5O2. The number of primary amides is 1. The lowest BCUT2D eigenvalue weighted by Gasteiger charge is -2.20. The third-order valence-corrected chi connectivity index (χ3v) is 4.74. The van der Waals surface area contributed by atoms with E-state index in [1.54, 1.807) is 4.68 Å². The normalized spacial score (nSPS) is 31.2. The Labute approximate surface area is 115 Å². The van der Waals surface area contributed by atoms with Crippen LogP contribution in [-0.4, -0.2) is 34.2 Å². The summed E-state index contributed by atoms with van der Waals surface area (Å²) in [5, 5.41) is 10.7. The summed E-state index contributed by atoms with van der Waals surface area (Å²) in [6.07, 6.45) is 4.59. The van der Waals surface area contributed by atoms with E-state index in [9.17, 15) is 9.59 Å². The van der Waals surface area contributed by atoms with Crippen LogP contribution in [0.3, 0.4) is 0 Å². The fraction of sp³-hybridized carbons (Fsp3) is 0.615. The minimum Gasteiger partial charge on any atom is -0.368 e. The van der Waals surface area contributed by atoms with Gasteiger partial charge < -0.3 is 16.4 Å². The average Bonchev–Trinajstić information content (AvgIpc) is 3.07. The Kier molecular flexibility index (Phi) is 2.27. The molecule has 7 heteroatoms. The average molecular weight is 275 g/mol. The fourth-order valence-electron chi connectivity index (χ4n) is 3.62. The summed E-state index contributed by atoms with van der Waals surface area (Å²) in [7, 11) is 0. The van der Waals surface area contributed by atoms with Crippen LogP contribution in [0, 0.1) is 0 Å². The number of nitrogens with zero attached hydrogens (tertiary/aromatic N) is 2. The maximum absolute atomic E-state index is 12.4. The van der Waals surface area contributed by atoms with Crippen LogP contribution in [0.25, 0.3) is 0 Å². The van der Waals surface area contributed by atoms with Gasteiger partial charge in [-0.15, -0.1) is 0 Å². The number of carbonyl (C=O) groups excluding carboxylic acids is 2. The highest BCUT2D eigenvalue weighted by atomic mass is 16.2. The third kappa shape index (κ3) is 1.35. The Bertz CT molecular complexity index is 623. The number of rotatable bonds is 1. The first-order valence-corrected chi connectivity index (χ1v) is 7.07. The van der Waals surface area contributed by atoms with Gasteiger partial charge in [0.25, 0.3) is 5.91 Å². The van der Waals surface area contributed by atoms with Crippen LogP contribution in [0.2, 0.25) is 0 Å². The van der Waals surface area contributed by atoms with E-state index in [1.807, 2.05) is 0 Å². The van der Waals surface area contributed by atoms with Crippen molar-refractivity contribution < 1.29 is 9.59 Å². The highest BCUT2D eigenvalue weighted by molar-refractivity contribution is 6.02. The zero-order valence-corrected chi connectivity index (χ0v) is 11.1. The van der Waals surface area contributed by atoms with Gasteiger partial charge in [-0.1, -0.05) is 0 Å². The molecule has 7 nitrogen and oxygen atoms in total. The summed E-state index contributed by atoms with van der Waals surface area (Å²) in [5.74, 6) is 0.335. The van der Waals surface area contributed by atoms with Crippen molar-refractivity contribution >= 4 is 17.6 Å². The predicted octanol–water partition coefficient (Wildman–Crippen LogP) is -0.743. The SMILES string of the molecule is NC(=O)[C@@H]1C[C@@]2(CN1)C(=O)Nc1c3c(nn12)CCCC3. The molecule has 4 rings (SSSR count). The molecule has 0 unspecified atom stereocenters. The molecule has 1 saturated heterocycles. The van der Waals surface area contributed by atoms with Crippen molar-refractivity contribution in [2.45, 2.75) is 43.7 Å². The van der Waals surface area contributed by atoms with Gasteiger partial charge in [0, 0.05) is 18.5 Å². The molecule has 0 radical (unpaired) electrons. The van der Waals surface area contributed by atoms with Crippen molar-refractivity contribution in [3.8, 4) is 0 Å². The van der Waals surface area contributed by atoms with Crippen LogP contribution in [0.4, 0.5) is 5.82 Å². The quantitative estimate of drug-likeness (QED) is 0.628. The van der Waals surface area contributed by atoms with E-state index < -0.39 is 17.5 Å². The summed E-state index contributed by atoms with van der Waals surface area (Å²) in [6.45, 7) is 0.403. The molecule has 1 aromatic heterocycles. The first-order chi connectivity index (χ1) is 9.62. The van der Waals surface area contributed by atoms with E-state index in [0.717, 1.165) is 37.2 Å². The summed E-state index contributed by atoms with van der Waals surface area (Å²) < 4.78 is 1.81. The Morgan fingerprint density at radius 1 is 1.40 bits per heavy atom. The number of hydrogen-bond donors (Lipinski definition) is 3. The molecular weight excluding hydrogens is 258 g/mol. The molecule has 3 aliphatic rings. The first kappa shape index (κ1) is 11.9. The lowest BCUT2D eigenvalue weighted by molar-refractivity contribution is -0.123. The van der Waals surface area contributed by atoms with Crippen LogP contribution in [0.5, 0.6) is 0 Å². The van der Waals surface area contributed by atoms with Crippen molar-refractivity contribution in [1.29, 1.82) is 0 Å². The maximum atomic E-state index is 12.4. The molecule has 20 heavy (non-hydrogen) atoms. The van der Waals surface area contributed by atoms with E-state index in [4.69, 9.17) is 5.73 Å². The number of nitrogens with two attached hydrogens (primary N) is 1. The van der Waals surface area contributed by atoms with Gasteiger partial charge in [0.15, 0.2) is 5.54 Å². The van der Waals surface area contributed by atoms with Crippen LogP contribution in [-0.2, 0) is 28.0 Å². The molecule has 2 amide bonds. The highest BCUT2D eigenvalue weighted by Crippen LogP contribution is 2.41. The van der Waals surface area contributed by atoms with Crippen molar-refractivity contribution in [3.63, 3.8) is 0 Å². The van der Waals surface area contributed by atoms with Crippen LogP contribution < -0.4 is 16.4 Å². The largest absolute Gasteiger partial charge is 0.368 e. The summed E-state index contributed by atoms with van der Waals surface area (Å²) in [5.41, 5.74) is 6.82. The van der Waals surface area contributed by atoms with Gasteiger partial charge in [0.1, 0.15) is 5.82 Å². The number of hydrogen-bond acceptors (Lipinski definition) is 4. The molecule has 106 valence electrons. The monoisotopic (exact) mass is 275 g/mol. The molecule has 3 heterocycles. The van der Waals surface area contributed by atoms with Gasteiger partial charge in [0.2, 0.25) is 5.91 Å². The molecule has 1 spiro atoms. The maximum Gasteiger partial charge on any atom is 0.255 e. The molecule has 1 aromatic rings. The van der Waals surface area contributed by atoms with Crippen molar-refractivity contribution in [2.75, 3.05) is 11.9 Å². The molecule has 0 saturated carbocycles. The van der Waals surface area contributed by atoms with Gasteiger partial charge in [-0.25, -0.2) is 4.68 Å². The molecule has 2 atom stereocenters. The molecule has 0 aromatic carbocycles. The van der Waals surface area contributed by atoms with E-state index in [2.05, 4.69) is 15.7 Å². The van der Waals surface area contributed by atoms with Crippen molar-refractivity contribution in [1.82, 2.24) is 15.1 Å². The minimum atomic E-state index is -0.785. The zero-order chi connectivity index (χ0) is 13.9. The number of carbonyl (C=O) groups is 2. The lowest BCUT2D eigenvalue weighted by Crippen LogP contribution is -2.42. The third-order valence-electron chi connectivity index (χ3n) is 4.74. The van der Waals surface area contributed by atoms with Crippen molar-refractivity contribution in [3.05, 3.63) is 11.3 Å². The van der Waals surface area contributed by atoms with Crippen LogP contribution in [0.1, 0.15) is 30.5 Å². The second-order valence-electron chi connectivity index (χ2n) is 5.92. The van der Waals surface area contributed by atoms with Crippen LogP contribution in [0.15, 0.2) is 0 Å². The number of fused-ring (bicyclic) bond motifs is 4. The number of nitrogens with one attached hydrogen (secondary N) is 2. The smallest absolute Gasteiger partial charge is 0.255 e. The number of aryl methyl sites for hydroxylation is 1. The van der Waals surface area contributed by atoms with Gasteiger partial charge in [-0.05, 0) is 25.7 Å². The number of amides is 2. The minimum absolute atomic E-state index is 0.0791.